The number of likely N-dealkylation sites (N-methyl/N-ethyl adjacent to an activating group) is 1. The van der Waals surface area contributed by atoms with Gasteiger partial charge in [0.1, 0.15) is 5.75 Å². The Hall–Kier alpha value is -2.82. The van der Waals surface area contributed by atoms with Crippen molar-refractivity contribution in [2.45, 2.75) is 13.3 Å². The molecule has 0 atom stereocenters. The van der Waals surface area contributed by atoms with Gasteiger partial charge in [-0.05, 0) is 37.1 Å². The maximum absolute atomic E-state index is 12.7. The molecule has 2 N–H and O–H groups in total. The topological polar surface area (TPSA) is 72.6 Å². The lowest BCUT2D eigenvalue weighted by atomic mass is 10.1. The van der Waals surface area contributed by atoms with Gasteiger partial charge in [-0.3, -0.25) is 9.59 Å². The Morgan fingerprint density at radius 3 is 2.50 bits per heavy atom. The van der Waals surface area contributed by atoms with Crippen LogP contribution < -0.4 is 10.5 Å². The highest BCUT2D eigenvalue weighted by Crippen LogP contribution is 2.15. The van der Waals surface area contributed by atoms with Crippen LogP contribution in [-0.4, -0.2) is 36.4 Å². The Bertz CT molecular complexity index is 686. The van der Waals surface area contributed by atoms with E-state index in [9.17, 15) is 9.59 Å². The zero-order valence-corrected chi connectivity index (χ0v) is 13.8. The summed E-state index contributed by atoms with van der Waals surface area (Å²) in [7, 11) is 0. The van der Waals surface area contributed by atoms with Crippen LogP contribution in [0.25, 0.3) is 0 Å². The third kappa shape index (κ3) is 5.12. The first-order valence-electron chi connectivity index (χ1n) is 7.94. The lowest BCUT2D eigenvalue weighted by Gasteiger charge is -2.21. The van der Waals surface area contributed by atoms with Gasteiger partial charge in [0, 0.05) is 18.7 Å². The van der Waals surface area contributed by atoms with Crippen molar-refractivity contribution in [3.05, 3.63) is 65.7 Å². The van der Waals surface area contributed by atoms with Gasteiger partial charge in [0.15, 0.2) is 6.61 Å². The maximum Gasteiger partial charge on any atom is 0.255 e. The molecule has 0 heterocycles. The van der Waals surface area contributed by atoms with E-state index in [0.29, 0.717) is 24.4 Å². The monoisotopic (exact) mass is 326 g/mol. The second-order valence-corrected chi connectivity index (χ2v) is 5.40. The van der Waals surface area contributed by atoms with Crippen LogP contribution in [0.15, 0.2) is 54.6 Å². The molecule has 0 radical (unpaired) electrons. The van der Waals surface area contributed by atoms with E-state index in [1.54, 1.807) is 29.2 Å². The van der Waals surface area contributed by atoms with Crippen molar-refractivity contribution < 1.29 is 14.3 Å². The van der Waals surface area contributed by atoms with Crippen molar-refractivity contribution >= 4 is 11.8 Å². The van der Waals surface area contributed by atoms with Gasteiger partial charge in [0.05, 0.1) is 0 Å². The van der Waals surface area contributed by atoms with Gasteiger partial charge in [-0.1, -0.05) is 36.4 Å². The van der Waals surface area contributed by atoms with E-state index < -0.39 is 5.91 Å². The zero-order valence-electron chi connectivity index (χ0n) is 13.8. The molecule has 5 nitrogen and oxygen atoms in total. The summed E-state index contributed by atoms with van der Waals surface area (Å²) in [6.45, 7) is 3.02. The van der Waals surface area contributed by atoms with Crippen molar-refractivity contribution in [2.24, 2.45) is 5.73 Å². The number of benzene rings is 2. The lowest BCUT2D eigenvalue weighted by molar-refractivity contribution is -0.119. The van der Waals surface area contributed by atoms with Gasteiger partial charge in [-0.25, -0.2) is 0 Å². The summed E-state index contributed by atoms with van der Waals surface area (Å²) in [5.74, 6) is -0.151. The van der Waals surface area contributed by atoms with E-state index >= 15 is 0 Å². The quantitative estimate of drug-likeness (QED) is 0.809. The molecular weight excluding hydrogens is 304 g/mol. The number of carbonyl (C=O) groups excluding carboxylic acids is 2. The van der Waals surface area contributed by atoms with Crippen LogP contribution in [0.3, 0.4) is 0 Å². The van der Waals surface area contributed by atoms with Gasteiger partial charge in [0.2, 0.25) is 0 Å². The highest BCUT2D eigenvalue weighted by atomic mass is 16.5. The van der Waals surface area contributed by atoms with E-state index in [-0.39, 0.29) is 12.5 Å². The minimum Gasteiger partial charge on any atom is -0.484 e. The molecular formula is C19H22N2O3. The zero-order chi connectivity index (χ0) is 17.4. The number of rotatable bonds is 8. The summed E-state index contributed by atoms with van der Waals surface area (Å²) in [5, 5.41) is 0. The van der Waals surface area contributed by atoms with E-state index in [2.05, 4.69) is 12.1 Å². The van der Waals surface area contributed by atoms with Crippen LogP contribution in [0.1, 0.15) is 22.8 Å². The van der Waals surface area contributed by atoms with Gasteiger partial charge < -0.3 is 15.4 Å². The first-order valence-corrected chi connectivity index (χ1v) is 7.94. The number of ether oxygens (including phenoxy) is 1. The van der Waals surface area contributed by atoms with Crippen LogP contribution >= 0.6 is 0 Å². The first-order chi connectivity index (χ1) is 11.6. The number of carbonyl (C=O) groups is 2. The van der Waals surface area contributed by atoms with Crippen LogP contribution in [0.4, 0.5) is 0 Å². The van der Waals surface area contributed by atoms with E-state index in [0.717, 1.165) is 6.42 Å². The fraction of sp³-hybridized carbons (Fsp3) is 0.263. The molecule has 2 amide bonds. The fourth-order valence-corrected chi connectivity index (χ4v) is 2.37. The van der Waals surface area contributed by atoms with Gasteiger partial charge in [0.25, 0.3) is 11.8 Å². The minimum atomic E-state index is -0.551. The Kier molecular flexibility index (Phi) is 6.37. The third-order valence-electron chi connectivity index (χ3n) is 3.64. The first kappa shape index (κ1) is 17.5. The Labute approximate surface area is 142 Å². The van der Waals surface area contributed by atoms with Crippen molar-refractivity contribution in [1.29, 1.82) is 0 Å². The summed E-state index contributed by atoms with van der Waals surface area (Å²) < 4.78 is 5.26. The summed E-state index contributed by atoms with van der Waals surface area (Å²) in [6, 6.07) is 16.9. The molecule has 0 saturated heterocycles. The molecule has 0 spiro atoms. The number of hydrogen-bond donors (Lipinski definition) is 1. The molecule has 0 aliphatic carbocycles. The second-order valence-electron chi connectivity index (χ2n) is 5.40. The average molecular weight is 326 g/mol. The molecule has 0 aliphatic heterocycles. The van der Waals surface area contributed by atoms with Gasteiger partial charge in [-0.15, -0.1) is 0 Å². The highest BCUT2D eigenvalue weighted by molar-refractivity contribution is 5.94. The number of amides is 2. The number of nitrogens with zero attached hydrogens (tertiary/aromatic N) is 1. The fourth-order valence-electron chi connectivity index (χ4n) is 2.37. The van der Waals surface area contributed by atoms with Crippen LogP contribution in [0.2, 0.25) is 0 Å². The molecule has 126 valence electrons. The summed E-state index contributed by atoms with van der Waals surface area (Å²) in [5.41, 5.74) is 6.79. The Morgan fingerprint density at radius 1 is 1.08 bits per heavy atom. The maximum atomic E-state index is 12.7. The Morgan fingerprint density at radius 2 is 1.83 bits per heavy atom. The van der Waals surface area contributed by atoms with Crippen LogP contribution in [0, 0.1) is 0 Å². The van der Waals surface area contributed by atoms with Crippen LogP contribution in [-0.2, 0) is 11.2 Å². The van der Waals surface area contributed by atoms with Crippen molar-refractivity contribution in [3.8, 4) is 5.75 Å². The average Bonchev–Trinajstić information content (AvgIpc) is 2.61. The highest BCUT2D eigenvalue weighted by Gasteiger charge is 2.14. The molecule has 0 unspecified atom stereocenters. The van der Waals surface area contributed by atoms with Gasteiger partial charge >= 0.3 is 0 Å². The Balaban J connectivity index is 2.02. The molecule has 5 heteroatoms. The molecule has 0 saturated carbocycles. The van der Waals surface area contributed by atoms with E-state index in [1.165, 1.54) is 5.56 Å². The SMILES string of the molecule is CCN(CCc1ccccc1)C(=O)c1cccc(OCC(N)=O)c1. The molecule has 0 fully saturated rings. The smallest absolute Gasteiger partial charge is 0.255 e. The molecule has 2 aromatic rings. The number of hydrogen-bond acceptors (Lipinski definition) is 3. The minimum absolute atomic E-state index is 0.0574. The van der Waals surface area contributed by atoms with Crippen molar-refractivity contribution in [1.82, 2.24) is 4.90 Å². The largest absolute Gasteiger partial charge is 0.484 e. The summed E-state index contributed by atoms with van der Waals surface area (Å²) >= 11 is 0. The van der Waals surface area contributed by atoms with E-state index in [1.807, 2.05) is 25.1 Å². The standard InChI is InChI=1S/C19H22N2O3/c1-2-21(12-11-15-7-4-3-5-8-15)19(23)16-9-6-10-17(13-16)24-14-18(20)22/h3-10,13H,2,11-12,14H2,1H3,(H2,20,22). The summed E-state index contributed by atoms with van der Waals surface area (Å²) in [6.07, 6.45) is 0.804. The second kappa shape index (κ2) is 8.72. The van der Waals surface area contributed by atoms with Crippen molar-refractivity contribution in [3.63, 3.8) is 0 Å². The number of nitrogens with two attached hydrogens (primary N) is 1. The third-order valence-corrected chi connectivity index (χ3v) is 3.64. The van der Waals surface area contributed by atoms with Crippen molar-refractivity contribution in [2.75, 3.05) is 19.7 Å². The molecule has 0 aromatic heterocycles. The molecule has 24 heavy (non-hydrogen) atoms. The molecule has 0 bridgehead atoms. The predicted molar refractivity (Wildman–Crippen MR) is 92.9 cm³/mol. The molecule has 2 aromatic carbocycles. The molecule has 0 aliphatic rings. The summed E-state index contributed by atoms with van der Waals surface area (Å²) in [4.78, 5) is 25.2. The molecule has 2 rings (SSSR count). The van der Waals surface area contributed by atoms with E-state index in [4.69, 9.17) is 10.5 Å². The predicted octanol–water partition coefficient (Wildman–Crippen LogP) is 2.26. The normalized spacial score (nSPS) is 10.2. The van der Waals surface area contributed by atoms with Gasteiger partial charge in [-0.2, -0.15) is 0 Å². The van der Waals surface area contributed by atoms with Crippen LogP contribution in [0.5, 0.6) is 5.75 Å². The lowest BCUT2D eigenvalue weighted by Crippen LogP contribution is -2.32. The number of primary amides is 1.